The van der Waals surface area contributed by atoms with Crippen molar-refractivity contribution in [3.05, 3.63) is 28.8 Å². The van der Waals surface area contributed by atoms with Crippen molar-refractivity contribution in [3.63, 3.8) is 0 Å². The van der Waals surface area contributed by atoms with Gasteiger partial charge in [0.05, 0.1) is 0 Å². The maximum atomic E-state index is 11.6. The van der Waals surface area contributed by atoms with Crippen LogP contribution in [0.25, 0.3) is 0 Å². The summed E-state index contributed by atoms with van der Waals surface area (Å²) < 4.78 is 5.35. The van der Waals surface area contributed by atoms with Crippen LogP contribution in [-0.2, 0) is 4.79 Å². The molecule has 0 atom stereocenters. The van der Waals surface area contributed by atoms with Crippen molar-refractivity contribution >= 4 is 28.1 Å². The predicted molar refractivity (Wildman–Crippen MR) is 74.4 cm³/mol. The molecule has 19 heavy (non-hydrogen) atoms. The maximum Gasteiger partial charge on any atom is 0.264 e. The van der Waals surface area contributed by atoms with Crippen LogP contribution in [0.3, 0.4) is 0 Å². The quantitative estimate of drug-likeness (QED) is 0.832. The first-order valence-electron chi connectivity index (χ1n) is 5.63. The number of nitrogen functional groups attached to an aromatic ring is 1. The smallest absolute Gasteiger partial charge is 0.264 e. The van der Waals surface area contributed by atoms with Gasteiger partial charge in [-0.2, -0.15) is 0 Å². The number of carbonyl (C=O) groups excluding carboxylic acids is 1. The monoisotopic (exact) mass is 278 g/mol. The van der Waals surface area contributed by atoms with E-state index in [-0.39, 0.29) is 12.5 Å². The molecule has 1 amide bonds. The molecule has 6 nitrogen and oxygen atoms in total. The molecule has 0 saturated carbocycles. The van der Waals surface area contributed by atoms with Crippen molar-refractivity contribution < 1.29 is 9.53 Å². The highest BCUT2D eigenvalue weighted by molar-refractivity contribution is 7.15. The molecule has 0 saturated heterocycles. The molecule has 0 aliphatic heterocycles. The van der Waals surface area contributed by atoms with Gasteiger partial charge in [-0.1, -0.05) is 17.4 Å². The minimum absolute atomic E-state index is 0.0961. The average molecular weight is 278 g/mol. The van der Waals surface area contributed by atoms with Gasteiger partial charge in [-0.15, -0.1) is 10.2 Å². The molecule has 0 bridgehead atoms. The topological polar surface area (TPSA) is 90.1 Å². The van der Waals surface area contributed by atoms with Crippen LogP contribution in [0.2, 0.25) is 0 Å². The normalized spacial score (nSPS) is 10.2. The van der Waals surface area contributed by atoms with Gasteiger partial charge in [0.15, 0.2) is 6.61 Å². The summed E-state index contributed by atoms with van der Waals surface area (Å²) in [6.07, 6.45) is 0. The molecule has 0 aliphatic rings. The van der Waals surface area contributed by atoms with E-state index in [0.29, 0.717) is 16.6 Å². The van der Waals surface area contributed by atoms with Crippen LogP contribution in [0, 0.1) is 13.8 Å². The van der Waals surface area contributed by atoms with Crippen molar-refractivity contribution in [1.82, 2.24) is 10.2 Å². The van der Waals surface area contributed by atoms with E-state index in [9.17, 15) is 4.79 Å². The Morgan fingerprint density at radius 2 is 2.21 bits per heavy atom. The third-order valence-electron chi connectivity index (χ3n) is 2.39. The zero-order valence-electron chi connectivity index (χ0n) is 10.6. The molecule has 2 rings (SSSR count). The number of aryl methyl sites for hydroxylation is 2. The van der Waals surface area contributed by atoms with E-state index < -0.39 is 0 Å². The van der Waals surface area contributed by atoms with Crippen LogP contribution in [0.5, 0.6) is 5.75 Å². The summed E-state index contributed by atoms with van der Waals surface area (Å²) in [5.41, 5.74) is 7.37. The molecular formula is C12H14N4O2S. The van der Waals surface area contributed by atoms with E-state index in [1.165, 1.54) is 11.3 Å². The maximum absolute atomic E-state index is 11.6. The number of aromatic nitrogens is 2. The van der Waals surface area contributed by atoms with Gasteiger partial charge >= 0.3 is 0 Å². The van der Waals surface area contributed by atoms with Gasteiger partial charge < -0.3 is 10.5 Å². The SMILES string of the molecule is Cc1nnc(NC(=O)COc2ccc(C)c(N)c2)s1. The van der Waals surface area contributed by atoms with Crippen LogP contribution in [0.15, 0.2) is 18.2 Å². The van der Waals surface area contributed by atoms with E-state index in [1.54, 1.807) is 12.1 Å². The van der Waals surface area contributed by atoms with Gasteiger partial charge in [-0.05, 0) is 25.5 Å². The molecule has 0 radical (unpaired) electrons. The van der Waals surface area contributed by atoms with E-state index in [4.69, 9.17) is 10.5 Å². The molecule has 3 N–H and O–H groups in total. The van der Waals surface area contributed by atoms with E-state index >= 15 is 0 Å². The molecule has 0 unspecified atom stereocenters. The second-order valence-corrected chi connectivity index (χ2v) is 5.16. The predicted octanol–water partition coefficient (Wildman–Crippen LogP) is 1.75. The average Bonchev–Trinajstić information content (AvgIpc) is 2.76. The van der Waals surface area contributed by atoms with Crippen LogP contribution in [0.4, 0.5) is 10.8 Å². The summed E-state index contributed by atoms with van der Waals surface area (Å²) in [7, 11) is 0. The Kier molecular flexibility index (Phi) is 3.96. The first kappa shape index (κ1) is 13.3. The number of nitrogens with one attached hydrogen (secondary N) is 1. The second-order valence-electron chi connectivity index (χ2n) is 3.98. The van der Waals surface area contributed by atoms with Crippen LogP contribution >= 0.6 is 11.3 Å². The molecule has 0 fully saturated rings. The standard InChI is InChI=1S/C12H14N4O2S/c1-7-3-4-9(5-10(7)13)18-6-11(17)14-12-16-15-8(2)19-12/h3-5H,6,13H2,1-2H3,(H,14,16,17). The Balaban J connectivity index is 1.88. The summed E-state index contributed by atoms with van der Waals surface area (Å²) in [5, 5.41) is 11.5. The Hall–Kier alpha value is -2.15. The lowest BCUT2D eigenvalue weighted by atomic mass is 10.2. The van der Waals surface area contributed by atoms with Crippen LogP contribution in [-0.4, -0.2) is 22.7 Å². The third kappa shape index (κ3) is 3.65. The zero-order chi connectivity index (χ0) is 13.8. The summed E-state index contributed by atoms with van der Waals surface area (Å²) >= 11 is 1.31. The number of hydrogen-bond donors (Lipinski definition) is 2. The van der Waals surface area contributed by atoms with Crippen molar-refractivity contribution in [1.29, 1.82) is 0 Å². The van der Waals surface area contributed by atoms with Gasteiger partial charge in [-0.3, -0.25) is 10.1 Å². The number of nitrogens with zero attached hydrogens (tertiary/aromatic N) is 2. The first-order chi connectivity index (χ1) is 9.04. The van der Waals surface area contributed by atoms with Crippen molar-refractivity contribution in [3.8, 4) is 5.75 Å². The summed E-state index contributed by atoms with van der Waals surface area (Å²) in [6, 6.07) is 5.31. The summed E-state index contributed by atoms with van der Waals surface area (Å²) in [4.78, 5) is 11.6. The zero-order valence-corrected chi connectivity index (χ0v) is 11.5. The third-order valence-corrected chi connectivity index (χ3v) is 3.15. The lowest BCUT2D eigenvalue weighted by Crippen LogP contribution is -2.20. The minimum atomic E-state index is -0.282. The summed E-state index contributed by atoms with van der Waals surface area (Å²) in [6.45, 7) is 3.63. The molecule has 0 spiro atoms. The lowest BCUT2D eigenvalue weighted by Gasteiger charge is -2.07. The van der Waals surface area contributed by atoms with E-state index in [0.717, 1.165) is 10.6 Å². The van der Waals surface area contributed by atoms with Gasteiger partial charge in [0.25, 0.3) is 5.91 Å². The van der Waals surface area contributed by atoms with Crippen molar-refractivity contribution in [2.75, 3.05) is 17.7 Å². The largest absolute Gasteiger partial charge is 0.484 e. The van der Waals surface area contributed by atoms with Gasteiger partial charge in [0, 0.05) is 11.8 Å². The molecule has 100 valence electrons. The number of hydrogen-bond acceptors (Lipinski definition) is 6. The minimum Gasteiger partial charge on any atom is -0.484 e. The molecule has 1 heterocycles. The fraction of sp³-hybridized carbons (Fsp3) is 0.250. The number of carbonyl (C=O) groups is 1. The number of ether oxygens (including phenoxy) is 1. The second kappa shape index (κ2) is 5.66. The van der Waals surface area contributed by atoms with Crippen LogP contribution < -0.4 is 15.8 Å². The van der Waals surface area contributed by atoms with Gasteiger partial charge in [0.1, 0.15) is 10.8 Å². The highest BCUT2D eigenvalue weighted by Gasteiger charge is 2.07. The lowest BCUT2D eigenvalue weighted by molar-refractivity contribution is -0.118. The number of benzene rings is 1. The Morgan fingerprint density at radius 1 is 1.42 bits per heavy atom. The molecular weight excluding hydrogens is 264 g/mol. The highest BCUT2D eigenvalue weighted by Crippen LogP contribution is 2.19. The molecule has 0 aliphatic carbocycles. The number of rotatable bonds is 4. The van der Waals surface area contributed by atoms with E-state index in [1.807, 2.05) is 19.9 Å². The Labute approximate surface area is 114 Å². The van der Waals surface area contributed by atoms with Gasteiger partial charge in [0.2, 0.25) is 5.13 Å². The van der Waals surface area contributed by atoms with E-state index in [2.05, 4.69) is 15.5 Å². The highest BCUT2D eigenvalue weighted by atomic mass is 32.1. The number of nitrogens with two attached hydrogens (primary N) is 1. The molecule has 7 heteroatoms. The van der Waals surface area contributed by atoms with Crippen LogP contribution in [0.1, 0.15) is 10.6 Å². The summed E-state index contributed by atoms with van der Waals surface area (Å²) in [5.74, 6) is 0.280. The number of amides is 1. The number of anilines is 2. The van der Waals surface area contributed by atoms with Crippen molar-refractivity contribution in [2.24, 2.45) is 0 Å². The fourth-order valence-corrected chi connectivity index (χ4v) is 1.97. The first-order valence-corrected chi connectivity index (χ1v) is 6.45. The van der Waals surface area contributed by atoms with Crippen molar-refractivity contribution in [2.45, 2.75) is 13.8 Å². The Bertz CT molecular complexity index is 597. The molecule has 2 aromatic rings. The molecule has 1 aromatic carbocycles. The van der Waals surface area contributed by atoms with Gasteiger partial charge in [-0.25, -0.2) is 0 Å². The fourth-order valence-electron chi connectivity index (χ4n) is 1.36. The Morgan fingerprint density at radius 3 is 2.84 bits per heavy atom. The molecule has 1 aromatic heterocycles.